The average Bonchev–Trinajstić information content (AvgIpc) is 2.41. The number of hydrogen-bond donors (Lipinski definition) is 1. The van der Waals surface area contributed by atoms with E-state index in [-0.39, 0.29) is 0 Å². The van der Waals surface area contributed by atoms with Gasteiger partial charge in [-0.3, -0.25) is 4.90 Å². The fourth-order valence-corrected chi connectivity index (χ4v) is 4.36. The van der Waals surface area contributed by atoms with Crippen LogP contribution in [0.4, 0.5) is 0 Å². The van der Waals surface area contributed by atoms with Crippen molar-refractivity contribution in [1.29, 1.82) is 0 Å². The second-order valence-corrected chi connectivity index (χ2v) is 6.70. The van der Waals surface area contributed by atoms with Gasteiger partial charge in [-0.25, -0.2) is 0 Å². The van der Waals surface area contributed by atoms with Gasteiger partial charge in [0.05, 0.1) is 0 Å². The Bertz CT molecular complexity index is 235. The molecule has 106 valence electrons. The maximum atomic E-state index is 6.11. The minimum Gasteiger partial charge on any atom is -0.329 e. The summed E-state index contributed by atoms with van der Waals surface area (Å²) in [5.41, 5.74) is 6.11. The first kappa shape index (κ1) is 14.3. The van der Waals surface area contributed by atoms with Crippen molar-refractivity contribution >= 4 is 0 Å². The van der Waals surface area contributed by atoms with E-state index in [0.29, 0.717) is 6.04 Å². The van der Waals surface area contributed by atoms with Gasteiger partial charge in [0, 0.05) is 18.6 Å². The van der Waals surface area contributed by atoms with Crippen molar-refractivity contribution in [3.63, 3.8) is 0 Å². The van der Waals surface area contributed by atoms with E-state index in [9.17, 15) is 0 Å². The Kier molecular flexibility index (Phi) is 5.50. The van der Waals surface area contributed by atoms with Gasteiger partial charge in [-0.15, -0.1) is 0 Å². The molecule has 0 bridgehead atoms. The molecular weight excluding hydrogens is 220 g/mol. The number of rotatable bonds is 4. The highest BCUT2D eigenvalue weighted by atomic mass is 15.2. The van der Waals surface area contributed by atoms with E-state index in [1.807, 2.05) is 0 Å². The van der Waals surface area contributed by atoms with E-state index < -0.39 is 0 Å². The van der Waals surface area contributed by atoms with Gasteiger partial charge in [-0.1, -0.05) is 39.0 Å². The molecule has 2 saturated carbocycles. The summed E-state index contributed by atoms with van der Waals surface area (Å²) in [5, 5.41) is 0. The summed E-state index contributed by atoms with van der Waals surface area (Å²) >= 11 is 0. The summed E-state index contributed by atoms with van der Waals surface area (Å²) in [6, 6.07) is 1.42. The van der Waals surface area contributed by atoms with Crippen LogP contribution in [0.25, 0.3) is 0 Å². The van der Waals surface area contributed by atoms with Crippen LogP contribution in [-0.2, 0) is 0 Å². The van der Waals surface area contributed by atoms with Crippen LogP contribution in [-0.4, -0.2) is 30.6 Å². The van der Waals surface area contributed by atoms with Gasteiger partial charge in [0.15, 0.2) is 0 Å². The Labute approximate surface area is 113 Å². The molecule has 0 aliphatic heterocycles. The predicted octanol–water partition coefficient (Wildman–Crippen LogP) is 3.40. The lowest BCUT2D eigenvalue weighted by Crippen LogP contribution is -2.51. The molecule has 2 fully saturated rings. The third kappa shape index (κ3) is 3.27. The normalized spacial score (nSPS) is 32.7. The van der Waals surface area contributed by atoms with Crippen molar-refractivity contribution in [1.82, 2.24) is 4.90 Å². The van der Waals surface area contributed by atoms with E-state index in [0.717, 1.165) is 24.4 Å². The molecule has 2 heteroatoms. The molecule has 2 nitrogen and oxygen atoms in total. The summed E-state index contributed by atoms with van der Waals surface area (Å²) < 4.78 is 0. The molecule has 3 unspecified atom stereocenters. The van der Waals surface area contributed by atoms with Crippen molar-refractivity contribution in [2.45, 2.75) is 76.8 Å². The highest BCUT2D eigenvalue weighted by molar-refractivity contribution is 4.88. The molecule has 2 rings (SSSR count). The second kappa shape index (κ2) is 6.91. The van der Waals surface area contributed by atoms with Gasteiger partial charge in [-0.2, -0.15) is 0 Å². The molecule has 2 aliphatic rings. The van der Waals surface area contributed by atoms with Gasteiger partial charge in [0.1, 0.15) is 0 Å². The molecule has 0 aromatic rings. The van der Waals surface area contributed by atoms with E-state index in [4.69, 9.17) is 5.73 Å². The molecule has 0 heterocycles. The molecule has 18 heavy (non-hydrogen) atoms. The van der Waals surface area contributed by atoms with E-state index >= 15 is 0 Å². The first-order valence-electron chi connectivity index (χ1n) is 8.16. The zero-order valence-corrected chi connectivity index (χ0v) is 12.4. The minimum atomic E-state index is 0.635. The molecule has 0 aromatic heterocycles. The van der Waals surface area contributed by atoms with Crippen LogP contribution in [0, 0.1) is 11.8 Å². The molecule has 3 atom stereocenters. The largest absolute Gasteiger partial charge is 0.329 e. The molecule has 0 saturated heterocycles. The van der Waals surface area contributed by atoms with E-state index in [1.54, 1.807) is 0 Å². The summed E-state index contributed by atoms with van der Waals surface area (Å²) in [4.78, 5) is 2.67. The van der Waals surface area contributed by atoms with Crippen molar-refractivity contribution in [3.8, 4) is 0 Å². The van der Waals surface area contributed by atoms with Crippen molar-refractivity contribution < 1.29 is 0 Å². The first-order valence-corrected chi connectivity index (χ1v) is 8.16. The first-order chi connectivity index (χ1) is 8.74. The Morgan fingerprint density at radius 3 is 2.22 bits per heavy atom. The minimum absolute atomic E-state index is 0.635. The van der Waals surface area contributed by atoms with Crippen LogP contribution < -0.4 is 5.73 Å². The van der Waals surface area contributed by atoms with Crippen LogP contribution >= 0.6 is 0 Å². The fraction of sp³-hybridized carbons (Fsp3) is 1.00. The third-order valence-corrected chi connectivity index (χ3v) is 5.55. The van der Waals surface area contributed by atoms with Crippen LogP contribution in [0.1, 0.15) is 64.7 Å². The Hall–Kier alpha value is -0.0800. The number of hydrogen-bond acceptors (Lipinski definition) is 2. The third-order valence-electron chi connectivity index (χ3n) is 5.55. The summed E-state index contributed by atoms with van der Waals surface area (Å²) in [7, 11) is 2.35. The lowest BCUT2D eigenvalue weighted by molar-refractivity contribution is 0.0592. The topological polar surface area (TPSA) is 29.3 Å². The van der Waals surface area contributed by atoms with Crippen molar-refractivity contribution in [2.24, 2.45) is 17.6 Å². The molecule has 0 amide bonds. The predicted molar refractivity (Wildman–Crippen MR) is 78.6 cm³/mol. The van der Waals surface area contributed by atoms with Crippen LogP contribution in [0.5, 0.6) is 0 Å². The Morgan fingerprint density at radius 2 is 1.61 bits per heavy atom. The maximum Gasteiger partial charge on any atom is 0.0246 e. The standard InChI is InChI=1S/C16H32N2/c1-13-8-6-7-11-15(13)18(2)16(12-17)14-9-4-3-5-10-14/h13-16H,3-12,17H2,1-2H3. The number of nitrogens with zero attached hydrogens (tertiary/aromatic N) is 1. The van der Waals surface area contributed by atoms with Gasteiger partial charge in [-0.05, 0) is 44.6 Å². The molecule has 2 N–H and O–H groups in total. The smallest absolute Gasteiger partial charge is 0.0246 e. The average molecular weight is 252 g/mol. The van der Waals surface area contributed by atoms with Gasteiger partial charge < -0.3 is 5.73 Å². The molecule has 0 spiro atoms. The van der Waals surface area contributed by atoms with Gasteiger partial charge in [0.2, 0.25) is 0 Å². The number of likely N-dealkylation sites (N-methyl/N-ethyl adjacent to an activating group) is 1. The highest BCUT2D eigenvalue weighted by Crippen LogP contribution is 2.33. The second-order valence-electron chi connectivity index (χ2n) is 6.70. The van der Waals surface area contributed by atoms with Crippen molar-refractivity contribution in [2.75, 3.05) is 13.6 Å². The lowest BCUT2D eigenvalue weighted by Gasteiger charge is -2.44. The Morgan fingerprint density at radius 1 is 1.00 bits per heavy atom. The van der Waals surface area contributed by atoms with Crippen molar-refractivity contribution in [3.05, 3.63) is 0 Å². The zero-order chi connectivity index (χ0) is 13.0. The molecule has 0 radical (unpaired) electrons. The summed E-state index contributed by atoms with van der Waals surface area (Å²) in [6.45, 7) is 3.29. The zero-order valence-electron chi connectivity index (χ0n) is 12.4. The summed E-state index contributed by atoms with van der Waals surface area (Å²) in [5.74, 6) is 1.73. The van der Waals surface area contributed by atoms with Crippen LogP contribution in [0.2, 0.25) is 0 Å². The highest BCUT2D eigenvalue weighted by Gasteiger charge is 2.32. The fourth-order valence-electron chi connectivity index (χ4n) is 4.36. The SMILES string of the molecule is CC1CCCCC1N(C)C(CN)C1CCCCC1. The van der Waals surface area contributed by atoms with Crippen LogP contribution in [0.3, 0.4) is 0 Å². The van der Waals surface area contributed by atoms with E-state index in [2.05, 4.69) is 18.9 Å². The summed E-state index contributed by atoms with van der Waals surface area (Å²) in [6.07, 6.45) is 12.8. The quantitative estimate of drug-likeness (QED) is 0.831. The Balaban J connectivity index is 1.96. The van der Waals surface area contributed by atoms with Gasteiger partial charge >= 0.3 is 0 Å². The molecule has 2 aliphatic carbocycles. The lowest BCUT2D eigenvalue weighted by atomic mass is 9.80. The van der Waals surface area contributed by atoms with E-state index in [1.165, 1.54) is 57.8 Å². The maximum absolute atomic E-state index is 6.11. The monoisotopic (exact) mass is 252 g/mol. The number of nitrogens with two attached hydrogens (primary N) is 1. The molecule has 0 aromatic carbocycles. The molecular formula is C16H32N2. The van der Waals surface area contributed by atoms with Crippen LogP contribution in [0.15, 0.2) is 0 Å². The van der Waals surface area contributed by atoms with Gasteiger partial charge in [0.25, 0.3) is 0 Å².